The van der Waals surface area contributed by atoms with Gasteiger partial charge in [-0.25, -0.2) is 13.1 Å². The minimum atomic E-state index is -3.53. The Bertz CT molecular complexity index is 514. The van der Waals surface area contributed by atoms with E-state index in [1.54, 1.807) is 12.1 Å². The molecule has 0 amide bonds. The first-order valence-corrected chi connectivity index (χ1v) is 7.78. The molecular formula is C12H16ClNO3S. The molecule has 100 valence electrons. The number of rotatable bonds is 6. The fourth-order valence-electron chi connectivity index (χ4n) is 1.78. The summed E-state index contributed by atoms with van der Waals surface area (Å²) < 4.78 is 26.3. The number of hydrogen-bond acceptors (Lipinski definition) is 3. The maximum absolute atomic E-state index is 11.9. The smallest absolute Gasteiger partial charge is 0.240 e. The topological polar surface area (TPSA) is 66.4 Å². The summed E-state index contributed by atoms with van der Waals surface area (Å²) >= 11 is 5.75. The van der Waals surface area contributed by atoms with E-state index in [1.165, 1.54) is 12.1 Å². The van der Waals surface area contributed by atoms with Crippen molar-refractivity contribution in [3.63, 3.8) is 0 Å². The first kappa shape index (κ1) is 13.8. The van der Waals surface area contributed by atoms with Crippen LogP contribution in [0.5, 0.6) is 0 Å². The lowest BCUT2D eigenvalue weighted by atomic mass is 10.2. The first-order chi connectivity index (χ1) is 8.49. The lowest BCUT2D eigenvalue weighted by molar-refractivity contribution is 0.143. The molecular weight excluding hydrogens is 274 g/mol. The number of aliphatic hydroxyl groups excluding tert-OH is 1. The summed E-state index contributed by atoms with van der Waals surface area (Å²) in [7, 11) is -3.53. The number of halogens is 1. The van der Waals surface area contributed by atoms with Crippen LogP contribution >= 0.6 is 11.6 Å². The van der Waals surface area contributed by atoms with Crippen molar-refractivity contribution in [2.45, 2.75) is 30.3 Å². The summed E-state index contributed by atoms with van der Waals surface area (Å²) in [4.78, 5) is 0.149. The Balaban J connectivity index is 1.90. The van der Waals surface area contributed by atoms with E-state index in [4.69, 9.17) is 11.6 Å². The molecule has 0 bridgehead atoms. The van der Waals surface area contributed by atoms with Gasteiger partial charge in [-0.15, -0.1) is 0 Å². The van der Waals surface area contributed by atoms with Gasteiger partial charge in [-0.2, -0.15) is 0 Å². The van der Waals surface area contributed by atoms with E-state index in [1.807, 2.05) is 0 Å². The molecule has 2 N–H and O–H groups in total. The molecule has 0 saturated heterocycles. The average Bonchev–Trinajstić information content (AvgIpc) is 3.12. The number of hydrogen-bond donors (Lipinski definition) is 2. The third-order valence-corrected chi connectivity index (χ3v) is 4.70. The number of aliphatic hydroxyl groups is 1. The Kier molecular flexibility index (Phi) is 4.27. The molecule has 18 heavy (non-hydrogen) atoms. The summed E-state index contributed by atoms with van der Waals surface area (Å²) in [5, 5.41) is 10.0. The minimum absolute atomic E-state index is 0.149. The lowest BCUT2D eigenvalue weighted by Crippen LogP contribution is -2.27. The van der Waals surface area contributed by atoms with Crippen LogP contribution in [0.25, 0.3) is 0 Å². The van der Waals surface area contributed by atoms with Crippen LogP contribution in [0.4, 0.5) is 0 Å². The summed E-state index contributed by atoms with van der Waals surface area (Å²) in [5.41, 5.74) is 0. The molecule has 1 aromatic carbocycles. The molecule has 1 aliphatic carbocycles. The predicted molar refractivity (Wildman–Crippen MR) is 70.0 cm³/mol. The van der Waals surface area contributed by atoms with E-state index >= 15 is 0 Å². The van der Waals surface area contributed by atoms with Crippen molar-refractivity contribution in [1.82, 2.24) is 4.72 Å². The second-order valence-electron chi connectivity index (χ2n) is 4.55. The van der Waals surface area contributed by atoms with Crippen molar-refractivity contribution >= 4 is 21.6 Å². The summed E-state index contributed by atoms with van der Waals surface area (Å²) in [5.74, 6) is 0.362. The molecule has 1 aliphatic rings. The second-order valence-corrected chi connectivity index (χ2v) is 6.75. The molecule has 0 unspecified atom stereocenters. The highest BCUT2D eigenvalue weighted by Gasteiger charge is 2.29. The Hall–Kier alpha value is -0.620. The molecule has 1 aromatic rings. The molecule has 0 aromatic heterocycles. The lowest BCUT2D eigenvalue weighted by Gasteiger charge is -2.10. The zero-order valence-corrected chi connectivity index (χ0v) is 11.4. The third kappa shape index (κ3) is 3.68. The maximum Gasteiger partial charge on any atom is 0.240 e. The van der Waals surface area contributed by atoms with Gasteiger partial charge in [0.2, 0.25) is 10.0 Å². The van der Waals surface area contributed by atoms with Crippen molar-refractivity contribution < 1.29 is 13.5 Å². The van der Waals surface area contributed by atoms with E-state index in [9.17, 15) is 13.5 Å². The van der Waals surface area contributed by atoms with Crippen LogP contribution in [0.3, 0.4) is 0 Å². The molecule has 1 atom stereocenters. The summed E-state index contributed by atoms with van der Waals surface area (Å²) in [6.45, 7) is 0.243. The van der Waals surface area contributed by atoms with Crippen molar-refractivity contribution in [1.29, 1.82) is 0 Å². The van der Waals surface area contributed by atoms with Gasteiger partial charge in [-0.1, -0.05) is 17.7 Å². The van der Waals surface area contributed by atoms with Crippen LogP contribution in [0.15, 0.2) is 29.2 Å². The maximum atomic E-state index is 11.9. The third-order valence-electron chi connectivity index (χ3n) is 3.00. The monoisotopic (exact) mass is 289 g/mol. The summed E-state index contributed by atoms with van der Waals surface area (Å²) in [6.07, 6.45) is 2.14. The summed E-state index contributed by atoms with van der Waals surface area (Å²) in [6, 6.07) is 6.11. The van der Waals surface area contributed by atoms with Crippen LogP contribution in [0.2, 0.25) is 5.02 Å². The van der Waals surface area contributed by atoms with Crippen LogP contribution in [-0.4, -0.2) is 26.2 Å². The SMILES string of the molecule is O=S(=O)(NCC[C@H](O)C1CC1)c1cccc(Cl)c1. The predicted octanol–water partition coefficient (Wildman–Crippen LogP) is 1.78. The molecule has 1 saturated carbocycles. The van der Waals surface area contributed by atoms with Crippen LogP contribution in [0, 0.1) is 5.92 Å². The molecule has 0 radical (unpaired) electrons. The highest BCUT2D eigenvalue weighted by atomic mass is 35.5. The highest BCUT2D eigenvalue weighted by molar-refractivity contribution is 7.89. The van der Waals surface area contributed by atoms with E-state index in [0.29, 0.717) is 17.4 Å². The quantitative estimate of drug-likeness (QED) is 0.839. The Morgan fingerprint density at radius 1 is 1.44 bits per heavy atom. The van der Waals surface area contributed by atoms with Crippen LogP contribution in [0.1, 0.15) is 19.3 Å². The fraction of sp³-hybridized carbons (Fsp3) is 0.500. The van der Waals surface area contributed by atoms with Crippen molar-refractivity contribution in [3.05, 3.63) is 29.3 Å². The highest BCUT2D eigenvalue weighted by Crippen LogP contribution is 2.33. The Labute approximate surface area is 112 Å². The minimum Gasteiger partial charge on any atom is -0.393 e. The number of benzene rings is 1. The van der Waals surface area contributed by atoms with E-state index in [-0.39, 0.29) is 11.4 Å². The van der Waals surface area contributed by atoms with Crippen LogP contribution in [-0.2, 0) is 10.0 Å². The largest absolute Gasteiger partial charge is 0.393 e. The molecule has 0 aliphatic heterocycles. The standard InChI is InChI=1S/C12H16ClNO3S/c13-10-2-1-3-11(8-10)18(16,17)14-7-6-12(15)9-4-5-9/h1-3,8-9,12,14-15H,4-7H2/t12-/m0/s1. The van der Waals surface area contributed by atoms with Gasteiger partial charge in [0.1, 0.15) is 0 Å². The molecule has 0 spiro atoms. The van der Waals surface area contributed by atoms with Gasteiger partial charge in [0, 0.05) is 11.6 Å². The van der Waals surface area contributed by atoms with Gasteiger partial charge >= 0.3 is 0 Å². The second kappa shape index (κ2) is 5.57. The van der Waals surface area contributed by atoms with Gasteiger partial charge < -0.3 is 5.11 Å². The van der Waals surface area contributed by atoms with Gasteiger partial charge in [-0.3, -0.25) is 0 Å². The van der Waals surface area contributed by atoms with E-state index < -0.39 is 16.1 Å². The Morgan fingerprint density at radius 2 is 2.17 bits per heavy atom. The molecule has 2 rings (SSSR count). The number of sulfonamides is 1. The van der Waals surface area contributed by atoms with Crippen molar-refractivity contribution in [2.24, 2.45) is 5.92 Å². The van der Waals surface area contributed by atoms with Gasteiger partial charge in [0.05, 0.1) is 11.0 Å². The molecule has 0 heterocycles. The van der Waals surface area contributed by atoms with Crippen molar-refractivity contribution in [2.75, 3.05) is 6.54 Å². The zero-order valence-electron chi connectivity index (χ0n) is 9.84. The number of nitrogens with one attached hydrogen (secondary N) is 1. The molecule has 1 fully saturated rings. The average molecular weight is 290 g/mol. The first-order valence-electron chi connectivity index (χ1n) is 5.92. The van der Waals surface area contributed by atoms with Gasteiger partial charge in [0.15, 0.2) is 0 Å². The molecule has 4 nitrogen and oxygen atoms in total. The van der Waals surface area contributed by atoms with Crippen molar-refractivity contribution in [3.8, 4) is 0 Å². The zero-order chi connectivity index (χ0) is 13.2. The Morgan fingerprint density at radius 3 is 2.78 bits per heavy atom. The van der Waals surface area contributed by atoms with Gasteiger partial charge in [-0.05, 0) is 43.4 Å². The van der Waals surface area contributed by atoms with E-state index in [2.05, 4.69) is 4.72 Å². The molecule has 6 heteroatoms. The van der Waals surface area contributed by atoms with Gasteiger partial charge in [0.25, 0.3) is 0 Å². The fourth-order valence-corrected chi connectivity index (χ4v) is 3.12. The van der Waals surface area contributed by atoms with Crippen LogP contribution < -0.4 is 4.72 Å². The van der Waals surface area contributed by atoms with E-state index in [0.717, 1.165) is 12.8 Å². The normalized spacial score (nSPS) is 17.7.